The number of ether oxygens (including phenoxy) is 2. The van der Waals surface area contributed by atoms with Crippen LogP contribution in [0.25, 0.3) is 0 Å². The normalized spacial score (nSPS) is 34.7. The first-order valence-electron chi connectivity index (χ1n) is 20.0. The van der Waals surface area contributed by atoms with E-state index >= 15 is 0 Å². The van der Waals surface area contributed by atoms with Gasteiger partial charge >= 0.3 is 0 Å². The van der Waals surface area contributed by atoms with Crippen molar-refractivity contribution in [2.24, 2.45) is 17.8 Å². The summed E-state index contributed by atoms with van der Waals surface area (Å²) in [4.78, 5) is 21.4. The number of carbonyl (C=O) groups excluding carboxylic acids is 1. The van der Waals surface area contributed by atoms with Crippen LogP contribution in [0.4, 0.5) is 5.69 Å². The summed E-state index contributed by atoms with van der Waals surface area (Å²) >= 11 is 6.53. The Morgan fingerprint density at radius 1 is 1.11 bits per heavy atom. The number of amides is 1. The lowest BCUT2D eigenvalue weighted by molar-refractivity contribution is -0.112. The van der Waals surface area contributed by atoms with Gasteiger partial charge in [-0.15, -0.1) is 0 Å². The number of carbonyl (C=O) groups is 1. The molecule has 2 aliphatic carbocycles. The van der Waals surface area contributed by atoms with E-state index in [0.717, 1.165) is 101 Å². The fourth-order valence-electron chi connectivity index (χ4n) is 10.0. The highest BCUT2D eigenvalue weighted by atomic mass is 35.5. The highest BCUT2D eigenvalue weighted by molar-refractivity contribution is 7.99. The predicted molar refractivity (Wildman–Crippen MR) is 219 cm³/mol. The molecule has 1 saturated carbocycles. The molecule has 5 aliphatic rings. The molecule has 3 aliphatic heterocycles. The lowest BCUT2D eigenvalue weighted by atomic mass is 9.63. The zero-order valence-electron chi connectivity index (χ0n) is 32.6. The number of anilines is 1. The van der Waals surface area contributed by atoms with Gasteiger partial charge in [-0.2, -0.15) is 0 Å². The van der Waals surface area contributed by atoms with Crippen molar-refractivity contribution in [1.82, 2.24) is 14.5 Å². The summed E-state index contributed by atoms with van der Waals surface area (Å²) < 4.78 is 30.7. The van der Waals surface area contributed by atoms with Gasteiger partial charge in [0.25, 0.3) is 5.91 Å². The molecule has 1 unspecified atom stereocenters. The van der Waals surface area contributed by atoms with E-state index in [1.807, 2.05) is 25.1 Å². The number of nitrogens with one attached hydrogen (secondary N) is 1. The van der Waals surface area contributed by atoms with E-state index in [-0.39, 0.29) is 22.5 Å². The summed E-state index contributed by atoms with van der Waals surface area (Å²) in [7, 11) is 1.44. The molecule has 2 bridgehead atoms. The first-order chi connectivity index (χ1) is 25.3. The van der Waals surface area contributed by atoms with Crippen LogP contribution in [-0.4, -0.2) is 103 Å². The molecule has 53 heavy (non-hydrogen) atoms. The molecule has 8 nitrogen and oxygen atoms in total. The quantitative estimate of drug-likeness (QED) is 0.260. The Labute approximate surface area is 323 Å². The van der Waals surface area contributed by atoms with Crippen LogP contribution in [-0.2, 0) is 26.3 Å². The average molecular weight is 766 g/mol. The first-order valence-corrected chi connectivity index (χ1v) is 22.2. The number of hydrogen-bond donors (Lipinski definition) is 1. The van der Waals surface area contributed by atoms with Crippen LogP contribution in [0.15, 0.2) is 48.6 Å². The summed E-state index contributed by atoms with van der Waals surface area (Å²) in [6, 6.07) is 12.7. The van der Waals surface area contributed by atoms with E-state index in [1.54, 1.807) is 6.07 Å². The minimum atomic E-state index is -2.95. The van der Waals surface area contributed by atoms with Gasteiger partial charge < -0.3 is 24.2 Å². The maximum Gasteiger partial charge on any atom is 0.262 e. The maximum absolute atomic E-state index is 14.1. The molecule has 3 heterocycles. The Morgan fingerprint density at radius 2 is 1.91 bits per heavy atom. The van der Waals surface area contributed by atoms with Gasteiger partial charge in [0, 0.05) is 53.5 Å². The van der Waals surface area contributed by atoms with Gasteiger partial charge in [0.05, 0.1) is 22.0 Å². The van der Waals surface area contributed by atoms with Crippen molar-refractivity contribution in [2.75, 3.05) is 64.9 Å². The number of allylic oxidation sites excluding steroid dienone is 1. The SMILES string of the molecule is C=S1(=O)NC(=O)c2ccc3c(c2)N(C[C@@H]2CC[C@H]2[C@@](CN2CCC(N(C)C)CC2)(OCC)/C=C/C[C@H](C)[C@H]1C)C[C@@]1(CCCc2cc(Cl)ccc21)CO3. The molecule has 2 aromatic rings. The highest BCUT2D eigenvalue weighted by Gasteiger charge is 2.50. The van der Waals surface area contributed by atoms with Crippen molar-refractivity contribution in [3.63, 3.8) is 0 Å². The van der Waals surface area contributed by atoms with Crippen LogP contribution in [0.2, 0.25) is 5.02 Å². The number of nitrogens with zero attached hydrogens (tertiary/aromatic N) is 3. The van der Waals surface area contributed by atoms with Crippen LogP contribution in [0.1, 0.15) is 87.2 Å². The third-order valence-electron chi connectivity index (χ3n) is 13.5. The molecule has 1 saturated heterocycles. The molecule has 1 spiro atoms. The van der Waals surface area contributed by atoms with Gasteiger partial charge in [-0.1, -0.05) is 36.7 Å². The molecule has 290 valence electrons. The molecule has 10 heteroatoms. The summed E-state index contributed by atoms with van der Waals surface area (Å²) in [5, 5.41) is 0.445. The number of piperidine rings is 1. The van der Waals surface area contributed by atoms with Crippen LogP contribution in [0, 0.1) is 17.8 Å². The Hall–Kier alpha value is -2.56. The molecule has 1 N–H and O–H groups in total. The van der Waals surface area contributed by atoms with Gasteiger partial charge in [-0.05, 0) is 157 Å². The second-order valence-corrected chi connectivity index (χ2v) is 19.9. The topological polar surface area (TPSA) is 74.4 Å². The van der Waals surface area contributed by atoms with Crippen molar-refractivity contribution in [3.8, 4) is 5.75 Å². The van der Waals surface area contributed by atoms with Gasteiger partial charge in [0.1, 0.15) is 11.4 Å². The molecular formula is C43H61ClN4O4S. The summed E-state index contributed by atoms with van der Waals surface area (Å²) in [6.45, 7) is 12.0. The number of likely N-dealkylation sites (tertiary alicyclic amines) is 1. The smallest absolute Gasteiger partial charge is 0.262 e. The lowest BCUT2D eigenvalue weighted by Crippen LogP contribution is -2.58. The van der Waals surface area contributed by atoms with Gasteiger partial charge in [0.15, 0.2) is 0 Å². The standard InChI is InChI=1S/C43H61ClN4O4S/c1-7-52-43(28-47-22-18-36(19-23-47)46(4)5)21-8-10-30(2)31(3)53(6,50)45-41(49)33-13-17-40-39(25-33)48(26-34-12-15-38(34)43)27-42(29-51-40)20-9-11-32-24-35(44)14-16-37(32)42/h8,13-14,16-17,21,24-25,30-31,34,36,38H,6-7,9-12,15,18-20,22-23,26-29H2,1-5H3,(H,45,49,50)/b21-8+/t30-,31+,34-,38+,42-,43+,53?/m0/s1. The monoisotopic (exact) mass is 764 g/mol. The van der Waals surface area contributed by atoms with Gasteiger partial charge in [-0.25, -0.2) is 4.21 Å². The molecule has 7 atom stereocenters. The zero-order valence-corrected chi connectivity index (χ0v) is 34.2. The molecule has 0 radical (unpaired) electrons. The summed E-state index contributed by atoms with van der Waals surface area (Å²) in [5.41, 5.74) is 3.36. The maximum atomic E-state index is 14.1. The van der Waals surface area contributed by atoms with E-state index < -0.39 is 15.3 Å². The predicted octanol–water partition coefficient (Wildman–Crippen LogP) is 6.99. The van der Waals surface area contributed by atoms with E-state index in [4.69, 9.17) is 21.1 Å². The number of aryl methyl sites for hydroxylation is 1. The van der Waals surface area contributed by atoms with E-state index in [9.17, 15) is 9.00 Å². The summed E-state index contributed by atoms with van der Waals surface area (Å²) in [5.74, 6) is 5.28. The van der Waals surface area contributed by atoms with Crippen LogP contribution >= 0.6 is 11.6 Å². The molecule has 1 amide bonds. The third kappa shape index (κ3) is 7.80. The molecule has 0 aromatic heterocycles. The molecule has 2 aromatic carbocycles. The molecule has 7 rings (SSSR count). The number of hydrogen-bond acceptors (Lipinski definition) is 7. The fraction of sp³-hybridized carbons (Fsp3) is 0.628. The minimum Gasteiger partial charge on any atom is -0.490 e. The van der Waals surface area contributed by atoms with Gasteiger partial charge in [-0.3, -0.25) is 9.52 Å². The second-order valence-electron chi connectivity index (χ2n) is 17.1. The van der Waals surface area contributed by atoms with E-state index in [2.05, 4.69) is 77.5 Å². The number of rotatable bonds is 5. The van der Waals surface area contributed by atoms with E-state index in [0.29, 0.717) is 36.7 Å². The fourth-order valence-corrected chi connectivity index (χ4v) is 11.7. The minimum absolute atomic E-state index is 0.0391. The Morgan fingerprint density at radius 3 is 2.62 bits per heavy atom. The van der Waals surface area contributed by atoms with Crippen molar-refractivity contribution in [3.05, 3.63) is 70.3 Å². The number of fused-ring (bicyclic) bond motifs is 4. The Kier molecular flexibility index (Phi) is 11.3. The number of benzene rings is 2. The highest BCUT2D eigenvalue weighted by Crippen LogP contribution is 2.49. The van der Waals surface area contributed by atoms with Crippen LogP contribution in [0.3, 0.4) is 0 Å². The first kappa shape index (κ1) is 38.7. The Bertz CT molecular complexity index is 1790. The molecular weight excluding hydrogens is 704 g/mol. The van der Waals surface area contributed by atoms with Crippen LogP contribution in [0.5, 0.6) is 5.75 Å². The van der Waals surface area contributed by atoms with Crippen molar-refractivity contribution >= 4 is 38.8 Å². The van der Waals surface area contributed by atoms with Crippen LogP contribution < -0.4 is 14.4 Å². The average Bonchev–Trinajstić information content (AvgIpc) is 3.26. The summed E-state index contributed by atoms with van der Waals surface area (Å²) in [6.07, 6.45) is 13.0. The Balaban J connectivity index is 1.30. The molecule has 2 fully saturated rings. The van der Waals surface area contributed by atoms with E-state index in [1.165, 1.54) is 11.1 Å². The lowest BCUT2D eigenvalue weighted by Gasteiger charge is -2.52. The largest absolute Gasteiger partial charge is 0.490 e. The van der Waals surface area contributed by atoms with Crippen molar-refractivity contribution in [2.45, 2.75) is 94.4 Å². The second kappa shape index (κ2) is 15.5. The zero-order chi connectivity index (χ0) is 37.5. The van der Waals surface area contributed by atoms with Gasteiger partial charge in [0.2, 0.25) is 0 Å². The number of halogens is 1. The van der Waals surface area contributed by atoms with Crippen molar-refractivity contribution in [1.29, 1.82) is 0 Å². The third-order valence-corrected chi connectivity index (χ3v) is 16.0. The van der Waals surface area contributed by atoms with Crippen molar-refractivity contribution < 1.29 is 18.5 Å².